The monoisotopic (exact) mass is 465 g/mol. The predicted octanol–water partition coefficient (Wildman–Crippen LogP) is 2.07. The second kappa shape index (κ2) is 7.12. The van der Waals surface area contributed by atoms with E-state index in [9.17, 15) is 19.5 Å². The molecule has 0 spiro atoms. The van der Waals surface area contributed by atoms with Crippen molar-refractivity contribution in [1.29, 1.82) is 0 Å². The van der Waals surface area contributed by atoms with Crippen molar-refractivity contribution >= 4 is 52.2 Å². The first-order valence-corrected chi connectivity index (χ1v) is 8.38. The molecular weight excluding hydrogens is 453 g/mol. The van der Waals surface area contributed by atoms with Crippen LogP contribution in [0.5, 0.6) is 11.5 Å². The highest BCUT2D eigenvalue weighted by atomic mass is 127. The van der Waals surface area contributed by atoms with Gasteiger partial charge in [-0.2, -0.15) is 0 Å². The zero-order valence-electron chi connectivity index (χ0n) is 13.4. The van der Waals surface area contributed by atoms with Crippen molar-refractivity contribution in [3.05, 3.63) is 51.4 Å². The second-order valence-corrected chi connectivity index (χ2v) is 6.38. The number of carbonyl (C=O) groups is 3. The van der Waals surface area contributed by atoms with Gasteiger partial charge in [0.05, 0.1) is 22.6 Å². The number of phenolic OH excluding ortho intramolecular Hbond substituents is 1. The van der Waals surface area contributed by atoms with Gasteiger partial charge in [-0.1, -0.05) is 0 Å². The Balaban J connectivity index is 2.05. The standard InChI is InChI=1S/C17H12IN3O5/c1-26-13-7-9(6-12(18)14(13)22)5-11-15(23)20-17(25)21(16(11)24)10-3-2-4-19-8-10/h2-8,22H,1H3,(H,20,23,25)/b11-5+. The summed E-state index contributed by atoms with van der Waals surface area (Å²) in [4.78, 5) is 41.7. The number of anilines is 1. The van der Waals surface area contributed by atoms with E-state index < -0.39 is 17.8 Å². The number of pyridine rings is 1. The number of imide groups is 2. The Morgan fingerprint density at radius 2 is 2.08 bits per heavy atom. The summed E-state index contributed by atoms with van der Waals surface area (Å²) in [6, 6.07) is 5.32. The molecule has 0 unspecified atom stereocenters. The van der Waals surface area contributed by atoms with E-state index in [1.165, 1.54) is 37.7 Å². The number of halogens is 1. The van der Waals surface area contributed by atoms with Crippen molar-refractivity contribution in [1.82, 2.24) is 10.3 Å². The largest absolute Gasteiger partial charge is 0.504 e. The summed E-state index contributed by atoms with van der Waals surface area (Å²) in [5, 5.41) is 12.0. The number of ether oxygens (including phenoxy) is 1. The first-order valence-electron chi connectivity index (χ1n) is 7.30. The number of amides is 4. The number of phenols is 1. The average molecular weight is 465 g/mol. The van der Waals surface area contributed by atoms with Gasteiger partial charge in [-0.05, 0) is 58.5 Å². The van der Waals surface area contributed by atoms with Crippen molar-refractivity contribution in [3.63, 3.8) is 0 Å². The summed E-state index contributed by atoms with van der Waals surface area (Å²) in [6.45, 7) is 0. The summed E-state index contributed by atoms with van der Waals surface area (Å²) in [6.07, 6.45) is 4.18. The third-order valence-electron chi connectivity index (χ3n) is 3.59. The molecule has 1 fully saturated rings. The summed E-state index contributed by atoms with van der Waals surface area (Å²) in [7, 11) is 1.39. The number of aromatic hydroxyl groups is 1. The lowest BCUT2D eigenvalue weighted by Crippen LogP contribution is -2.54. The van der Waals surface area contributed by atoms with E-state index in [4.69, 9.17) is 4.74 Å². The van der Waals surface area contributed by atoms with Crippen LogP contribution in [-0.4, -0.2) is 35.0 Å². The maximum Gasteiger partial charge on any atom is 0.336 e. The Bertz CT molecular complexity index is 943. The number of urea groups is 1. The van der Waals surface area contributed by atoms with Gasteiger partial charge in [0.1, 0.15) is 5.57 Å². The van der Waals surface area contributed by atoms with E-state index in [1.807, 2.05) is 22.6 Å². The minimum Gasteiger partial charge on any atom is -0.504 e. The maximum atomic E-state index is 12.7. The highest BCUT2D eigenvalue weighted by Gasteiger charge is 2.36. The lowest BCUT2D eigenvalue weighted by Gasteiger charge is -2.26. The molecule has 1 aromatic carbocycles. The fourth-order valence-electron chi connectivity index (χ4n) is 2.38. The molecule has 0 atom stereocenters. The normalized spacial score (nSPS) is 16.0. The van der Waals surface area contributed by atoms with Crippen molar-refractivity contribution in [3.8, 4) is 11.5 Å². The van der Waals surface area contributed by atoms with E-state index in [2.05, 4.69) is 10.3 Å². The van der Waals surface area contributed by atoms with Gasteiger partial charge in [-0.25, -0.2) is 9.69 Å². The molecule has 1 aromatic heterocycles. The maximum absolute atomic E-state index is 12.7. The first kappa shape index (κ1) is 17.9. The summed E-state index contributed by atoms with van der Waals surface area (Å²) in [5.74, 6) is -1.41. The van der Waals surface area contributed by atoms with Crippen LogP contribution in [0.25, 0.3) is 6.08 Å². The van der Waals surface area contributed by atoms with Crippen LogP contribution in [0.1, 0.15) is 5.56 Å². The molecule has 0 aliphatic carbocycles. The van der Waals surface area contributed by atoms with Crippen molar-refractivity contribution < 1.29 is 24.2 Å². The van der Waals surface area contributed by atoms with E-state index in [-0.39, 0.29) is 22.8 Å². The van der Waals surface area contributed by atoms with Crippen LogP contribution in [-0.2, 0) is 9.59 Å². The highest BCUT2D eigenvalue weighted by Crippen LogP contribution is 2.33. The molecule has 2 heterocycles. The number of hydrogen-bond acceptors (Lipinski definition) is 6. The Morgan fingerprint density at radius 3 is 2.73 bits per heavy atom. The quantitative estimate of drug-likeness (QED) is 0.408. The number of aromatic nitrogens is 1. The van der Waals surface area contributed by atoms with Gasteiger partial charge in [-0.3, -0.25) is 19.9 Å². The molecule has 0 saturated carbocycles. The molecule has 132 valence electrons. The van der Waals surface area contributed by atoms with Crippen LogP contribution in [0.15, 0.2) is 42.2 Å². The van der Waals surface area contributed by atoms with E-state index >= 15 is 0 Å². The number of carbonyl (C=O) groups excluding carboxylic acids is 3. The Labute approximate surface area is 161 Å². The minimum atomic E-state index is -0.844. The second-order valence-electron chi connectivity index (χ2n) is 5.22. The van der Waals surface area contributed by atoms with E-state index in [1.54, 1.807) is 12.1 Å². The molecule has 8 nitrogen and oxygen atoms in total. The predicted molar refractivity (Wildman–Crippen MR) is 101 cm³/mol. The molecule has 4 amide bonds. The zero-order chi connectivity index (χ0) is 18.8. The molecule has 26 heavy (non-hydrogen) atoms. The fraction of sp³-hybridized carbons (Fsp3) is 0.0588. The molecule has 1 saturated heterocycles. The summed E-state index contributed by atoms with van der Waals surface area (Å²) >= 11 is 1.90. The topological polar surface area (TPSA) is 109 Å². The summed E-state index contributed by atoms with van der Waals surface area (Å²) < 4.78 is 5.56. The van der Waals surface area contributed by atoms with Crippen LogP contribution in [0, 0.1) is 3.57 Å². The fourth-order valence-corrected chi connectivity index (χ4v) is 3.00. The lowest BCUT2D eigenvalue weighted by molar-refractivity contribution is -0.122. The lowest BCUT2D eigenvalue weighted by atomic mass is 10.1. The van der Waals surface area contributed by atoms with Crippen LogP contribution in [0.2, 0.25) is 0 Å². The van der Waals surface area contributed by atoms with Crippen LogP contribution in [0.4, 0.5) is 10.5 Å². The number of nitrogens with one attached hydrogen (secondary N) is 1. The molecule has 1 aliphatic rings. The number of methoxy groups -OCH3 is 1. The Kier molecular flexibility index (Phi) is 4.89. The zero-order valence-corrected chi connectivity index (χ0v) is 15.6. The van der Waals surface area contributed by atoms with E-state index in [0.29, 0.717) is 9.13 Å². The SMILES string of the molecule is COc1cc(/C=C2\C(=O)NC(=O)N(c3cccnc3)C2=O)cc(I)c1O. The highest BCUT2D eigenvalue weighted by molar-refractivity contribution is 14.1. The third-order valence-corrected chi connectivity index (χ3v) is 4.41. The van der Waals surface area contributed by atoms with Crippen LogP contribution in [0.3, 0.4) is 0 Å². The van der Waals surface area contributed by atoms with Gasteiger partial charge >= 0.3 is 6.03 Å². The van der Waals surface area contributed by atoms with Gasteiger partial charge < -0.3 is 9.84 Å². The minimum absolute atomic E-state index is 0.0400. The van der Waals surface area contributed by atoms with Gasteiger partial charge in [0, 0.05) is 6.20 Å². The number of benzene rings is 1. The first-order chi connectivity index (χ1) is 12.4. The van der Waals surface area contributed by atoms with E-state index in [0.717, 1.165) is 4.90 Å². The molecule has 9 heteroatoms. The molecule has 0 bridgehead atoms. The van der Waals surface area contributed by atoms with Gasteiger partial charge in [0.15, 0.2) is 11.5 Å². The van der Waals surface area contributed by atoms with Crippen molar-refractivity contribution in [2.24, 2.45) is 0 Å². The molecular formula is C17H12IN3O5. The number of hydrogen-bond donors (Lipinski definition) is 2. The molecule has 3 rings (SSSR count). The number of barbiturate groups is 1. The van der Waals surface area contributed by atoms with Crippen molar-refractivity contribution in [2.75, 3.05) is 12.0 Å². The number of nitrogens with zero attached hydrogens (tertiary/aromatic N) is 2. The molecule has 0 radical (unpaired) electrons. The van der Waals surface area contributed by atoms with Gasteiger partial charge in [0.2, 0.25) is 0 Å². The summed E-state index contributed by atoms with van der Waals surface area (Å²) in [5.41, 5.74) is 0.478. The number of rotatable bonds is 3. The van der Waals surface area contributed by atoms with Gasteiger partial charge in [0.25, 0.3) is 11.8 Å². The Morgan fingerprint density at radius 1 is 1.31 bits per heavy atom. The average Bonchev–Trinajstić information content (AvgIpc) is 2.62. The van der Waals surface area contributed by atoms with Gasteiger partial charge in [-0.15, -0.1) is 0 Å². The molecule has 2 N–H and O–H groups in total. The van der Waals surface area contributed by atoms with Crippen molar-refractivity contribution in [2.45, 2.75) is 0 Å². The van der Waals surface area contributed by atoms with Crippen LogP contribution < -0.4 is 15.0 Å². The smallest absolute Gasteiger partial charge is 0.336 e. The third kappa shape index (κ3) is 3.25. The van der Waals surface area contributed by atoms with Crippen LogP contribution >= 0.6 is 22.6 Å². The Hall–Kier alpha value is -2.95. The molecule has 2 aromatic rings. The molecule has 1 aliphatic heterocycles.